The van der Waals surface area contributed by atoms with Crippen LogP contribution in [0.3, 0.4) is 0 Å². The van der Waals surface area contributed by atoms with Gasteiger partial charge in [0.15, 0.2) is 0 Å². The number of hydrogen-bond donors (Lipinski definition) is 1. The normalized spacial score (nSPS) is 21.4. The lowest BCUT2D eigenvalue weighted by Crippen LogP contribution is -2.34. The van der Waals surface area contributed by atoms with Gasteiger partial charge in [-0.1, -0.05) is 0 Å². The largest absolute Gasteiger partial charge is 0.478 e. The number of imide groups is 1. The molecule has 2 heterocycles. The van der Waals surface area contributed by atoms with E-state index in [4.69, 9.17) is 5.11 Å². The second kappa shape index (κ2) is 4.94. The summed E-state index contributed by atoms with van der Waals surface area (Å²) in [7, 11) is 0. The van der Waals surface area contributed by atoms with Crippen molar-refractivity contribution in [2.24, 2.45) is 5.92 Å². The van der Waals surface area contributed by atoms with Crippen molar-refractivity contribution < 1.29 is 19.5 Å². The number of benzene rings is 1. The molecule has 1 fully saturated rings. The van der Waals surface area contributed by atoms with Crippen molar-refractivity contribution in [1.29, 1.82) is 0 Å². The van der Waals surface area contributed by atoms with Crippen molar-refractivity contribution in [3.8, 4) is 0 Å². The first-order valence-corrected chi connectivity index (χ1v) is 7.54. The molecule has 2 amide bonds. The Labute approximate surface area is 120 Å². The number of aromatic carboxylic acids is 1. The van der Waals surface area contributed by atoms with Gasteiger partial charge in [-0.15, -0.1) is 0 Å². The predicted molar refractivity (Wildman–Crippen MR) is 74.2 cm³/mol. The number of carbonyl (C=O) groups excluding carboxylic acids is 2. The number of carboxylic acid groups (broad SMARTS) is 1. The summed E-state index contributed by atoms with van der Waals surface area (Å²) in [6.45, 7) is 0.432. The Bertz CT molecular complexity index is 607. The Morgan fingerprint density at radius 3 is 2.70 bits per heavy atom. The fourth-order valence-corrected chi connectivity index (χ4v) is 3.85. The van der Waals surface area contributed by atoms with Gasteiger partial charge in [0, 0.05) is 6.54 Å². The molecule has 0 bridgehead atoms. The first-order valence-electron chi connectivity index (χ1n) is 6.39. The van der Waals surface area contributed by atoms with Crippen LogP contribution in [0.15, 0.2) is 18.2 Å². The summed E-state index contributed by atoms with van der Waals surface area (Å²) < 4.78 is 0. The van der Waals surface area contributed by atoms with E-state index >= 15 is 0 Å². The topological polar surface area (TPSA) is 74.7 Å². The Morgan fingerprint density at radius 1 is 1.30 bits per heavy atom. The second-order valence-corrected chi connectivity index (χ2v) is 6.17. The van der Waals surface area contributed by atoms with Crippen molar-refractivity contribution in [3.05, 3.63) is 34.9 Å². The highest BCUT2D eigenvalue weighted by Gasteiger charge is 2.37. The van der Waals surface area contributed by atoms with Crippen LogP contribution in [0.25, 0.3) is 0 Å². The van der Waals surface area contributed by atoms with Crippen LogP contribution in [0.2, 0.25) is 0 Å². The Morgan fingerprint density at radius 2 is 2.05 bits per heavy atom. The molecule has 0 saturated carbocycles. The van der Waals surface area contributed by atoms with E-state index in [2.05, 4.69) is 0 Å². The van der Waals surface area contributed by atoms with Crippen LogP contribution >= 0.6 is 11.8 Å². The lowest BCUT2D eigenvalue weighted by atomic mass is 10.1. The molecule has 1 unspecified atom stereocenters. The number of hydrogen-bond acceptors (Lipinski definition) is 4. The third-order valence-electron chi connectivity index (χ3n) is 3.68. The number of rotatable bonds is 3. The van der Waals surface area contributed by atoms with Crippen molar-refractivity contribution in [2.45, 2.75) is 6.42 Å². The molecule has 1 N–H and O–H groups in total. The quantitative estimate of drug-likeness (QED) is 0.858. The van der Waals surface area contributed by atoms with Crippen LogP contribution in [0, 0.1) is 5.92 Å². The molecule has 0 spiro atoms. The minimum absolute atomic E-state index is 0.0307. The second-order valence-electron chi connectivity index (χ2n) is 5.02. The number of thioether (sulfide) groups is 1. The molecular weight excluding hydrogens is 278 g/mol. The lowest BCUT2D eigenvalue weighted by Gasteiger charge is -2.17. The van der Waals surface area contributed by atoms with Crippen LogP contribution < -0.4 is 0 Å². The van der Waals surface area contributed by atoms with Crippen molar-refractivity contribution in [1.82, 2.24) is 4.90 Å². The van der Waals surface area contributed by atoms with Gasteiger partial charge in [0.25, 0.3) is 11.8 Å². The van der Waals surface area contributed by atoms with Crippen LogP contribution in [0.5, 0.6) is 0 Å². The Hall–Kier alpha value is -1.82. The van der Waals surface area contributed by atoms with E-state index in [9.17, 15) is 14.4 Å². The smallest absolute Gasteiger partial charge is 0.335 e. The maximum absolute atomic E-state index is 12.3. The monoisotopic (exact) mass is 291 g/mol. The van der Waals surface area contributed by atoms with Crippen LogP contribution in [0.1, 0.15) is 37.5 Å². The molecule has 20 heavy (non-hydrogen) atoms. The molecule has 1 aromatic rings. The third kappa shape index (κ3) is 2.10. The van der Waals surface area contributed by atoms with Gasteiger partial charge in [0.2, 0.25) is 0 Å². The zero-order valence-corrected chi connectivity index (χ0v) is 11.5. The highest BCUT2D eigenvalue weighted by molar-refractivity contribution is 7.99. The number of amides is 2. The number of carbonyl (C=O) groups is 3. The zero-order chi connectivity index (χ0) is 14.3. The average Bonchev–Trinajstić information content (AvgIpc) is 3.02. The molecule has 0 aliphatic carbocycles. The molecular formula is C14H13NO4S. The summed E-state index contributed by atoms with van der Waals surface area (Å²) in [6.07, 6.45) is 1.01. The number of carboxylic acids is 1. The SMILES string of the molecule is O=C(O)c1ccc2c(c1)C(=O)N(CC1CCSC1)C2=O. The molecule has 1 atom stereocenters. The summed E-state index contributed by atoms with van der Waals surface area (Å²) >= 11 is 1.83. The first kappa shape index (κ1) is 13.2. The fraction of sp³-hybridized carbons (Fsp3) is 0.357. The first-order chi connectivity index (χ1) is 9.58. The summed E-state index contributed by atoms with van der Waals surface area (Å²) in [5.74, 6) is 0.605. The molecule has 1 aromatic carbocycles. The average molecular weight is 291 g/mol. The molecule has 2 aliphatic heterocycles. The molecule has 3 rings (SSSR count). The molecule has 2 aliphatic rings. The van der Waals surface area contributed by atoms with Gasteiger partial charge in [-0.05, 0) is 42.0 Å². The zero-order valence-electron chi connectivity index (χ0n) is 10.7. The minimum Gasteiger partial charge on any atom is -0.478 e. The maximum Gasteiger partial charge on any atom is 0.335 e. The Balaban J connectivity index is 1.88. The summed E-state index contributed by atoms with van der Waals surface area (Å²) in [4.78, 5) is 36.7. The van der Waals surface area contributed by atoms with Crippen LogP contribution in [0.4, 0.5) is 0 Å². The van der Waals surface area contributed by atoms with E-state index in [1.54, 1.807) is 0 Å². The van der Waals surface area contributed by atoms with Crippen molar-refractivity contribution >= 4 is 29.5 Å². The van der Waals surface area contributed by atoms with Crippen molar-refractivity contribution in [2.75, 3.05) is 18.1 Å². The summed E-state index contributed by atoms with van der Waals surface area (Å²) in [6, 6.07) is 4.09. The molecule has 104 valence electrons. The lowest BCUT2D eigenvalue weighted by molar-refractivity contribution is 0.0633. The molecule has 0 aromatic heterocycles. The maximum atomic E-state index is 12.3. The molecule has 6 heteroatoms. The van der Waals surface area contributed by atoms with Gasteiger partial charge in [-0.2, -0.15) is 11.8 Å². The van der Waals surface area contributed by atoms with Gasteiger partial charge >= 0.3 is 5.97 Å². The van der Waals surface area contributed by atoms with Gasteiger partial charge in [0.05, 0.1) is 16.7 Å². The molecule has 5 nitrogen and oxygen atoms in total. The predicted octanol–water partition coefficient (Wildman–Crippen LogP) is 1.73. The van der Waals surface area contributed by atoms with Gasteiger partial charge in [-0.25, -0.2) is 4.79 Å². The molecule has 0 radical (unpaired) electrons. The fourth-order valence-electron chi connectivity index (χ4n) is 2.58. The van der Waals surface area contributed by atoms with Crippen molar-refractivity contribution in [3.63, 3.8) is 0 Å². The van der Waals surface area contributed by atoms with Crippen LogP contribution in [-0.4, -0.2) is 45.8 Å². The number of fused-ring (bicyclic) bond motifs is 1. The number of nitrogens with zero attached hydrogens (tertiary/aromatic N) is 1. The summed E-state index contributed by atoms with van der Waals surface area (Å²) in [5.41, 5.74) is 0.550. The highest BCUT2D eigenvalue weighted by atomic mass is 32.2. The highest BCUT2D eigenvalue weighted by Crippen LogP contribution is 2.29. The van der Waals surface area contributed by atoms with Gasteiger partial charge in [0.1, 0.15) is 0 Å². The summed E-state index contributed by atoms with van der Waals surface area (Å²) in [5, 5.41) is 8.95. The van der Waals surface area contributed by atoms with E-state index < -0.39 is 5.97 Å². The van der Waals surface area contributed by atoms with E-state index in [1.165, 1.54) is 23.1 Å². The van der Waals surface area contributed by atoms with E-state index in [-0.39, 0.29) is 22.9 Å². The van der Waals surface area contributed by atoms with Crippen LogP contribution in [-0.2, 0) is 0 Å². The van der Waals surface area contributed by atoms with E-state index in [0.717, 1.165) is 17.9 Å². The third-order valence-corrected chi connectivity index (χ3v) is 4.91. The van der Waals surface area contributed by atoms with E-state index in [1.807, 2.05) is 11.8 Å². The molecule has 1 saturated heterocycles. The minimum atomic E-state index is -1.10. The van der Waals surface area contributed by atoms with E-state index in [0.29, 0.717) is 18.0 Å². The van der Waals surface area contributed by atoms with Gasteiger partial charge in [-0.3, -0.25) is 14.5 Å². The van der Waals surface area contributed by atoms with Gasteiger partial charge < -0.3 is 5.11 Å². The Kier molecular flexibility index (Phi) is 3.25. The standard InChI is InChI=1S/C14H13NO4S/c16-12-10-2-1-9(14(18)19)5-11(10)13(17)15(12)6-8-3-4-20-7-8/h1-2,5,8H,3-4,6-7H2,(H,18,19).